The number of phenolic OH excluding ortho intramolecular Hbond substituents is 2. The molecule has 3 aromatic rings. The van der Waals surface area contributed by atoms with E-state index in [0.29, 0.717) is 28.8 Å². The molecule has 0 aromatic heterocycles. The number of aromatic hydroxyl groups is 2. The number of nitrogens with two attached hydrogens (primary N) is 3. The molecule has 1 fully saturated rings. The molecule has 0 unspecified atom stereocenters. The summed E-state index contributed by atoms with van der Waals surface area (Å²) < 4.78 is 0. The van der Waals surface area contributed by atoms with Crippen molar-refractivity contribution in [2.75, 3.05) is 25.4 Å². The van der Waals surface area contributed by atoms with Gasteiger partial charge in [-0.2, -0.15) is 0 Å². The second kappa shape index (κ2) is 21.1. The van der Waals surface area contributed by atoms with Crippen molar-refractivity contribution < 1.29 is 48.9 Å². The number of hydrogen-bond donors (Lipinski definition) is 11. The molecule has 0 bridgehead atoms. The molecule has 14 N–H and O–H groups in total. The van der Waals surface area contributed by atoms with Gasteiger partial charge in [-0.25, -0.2) is 0 Å². The summed E-state index contributed by atoms with van der Waals surface area (Å²) in [5, 5.41) is 41.4. The van der Waals surface area contributed by atoms with Gasteiger partial charge in [-0.3, -0.25) is 33.6 Å². The van der Waals surface area contributed by atoms with Gasteiger partial charge in [-0.15, -0.1) is 0 Å². The van der Waals surface area contributed by atoms with Crippen molar-refractivity contribution in [2.24, 2.45) is 11.5 Å². The summed E-state index contributed by atoms with van der Waals surface area (Å²) in [6.45, 7) is 0.177. The summed E-state index contributed by atoms with van der Waals surface area (Å²) >= 11 is 0. The summed E-state index contributed by atoms with van der Waals surface area (Å²) in [4.78, 5) is 93.2. The number of nitrogen functional groups attached to an aromatic ring is 1. The van der Waals surface area contributed by atoms with Crippen LogP contribution in [0.5, 0.6) is 11.5 Å². The zero-order valence-electron chi connectivity index (χ0n) is 32.4. The molecule has 0 saturated carbocycles. The van der Waals surface area contributed by atoms with Gasteiger partial charge in [0.15, 0.2) is 0 Å². The Balaban J connectivity index is 1.44. The van der Waals surface area contributed by atoms with E-state index < -0.39 is 90.8 Å². The third kappa shape index (κ3) is 13.4. The molecule has 1 aliphatic heterocycles. The topological polar surface area (TPSA) is 322 Å². The molecule has 0 aliphatic carbocycles. The number of nitrogens with one attached hydrogen (secondary N) is 5. The van der Waals surface area contributed by atoms with Crippen LogP contribution in [0.4, 0.5) is 5.69 Å². The van der Waals surface area contributed by atoms with Crippen LogP contribution < -0.4 is 43.8 Å². The lowest BCUT2D eigenvalue weighted by Crippen LogP contribution is -2.58. The summed E-state index contributed by atoms with van der Waals surface area (Å²) in [6.07, 6.45) is 0.689. The van der Waals surface area contributed by atoms with Gasteiger partial charge in [0.05, 0.1) is 19.2 Å². The molecule has 59 heavy (non-hydrogen) atoms. The van der Waals surface area contributed by atoms with Crippen LogP contribution in [0.3, 0.4) is 0 Å². The summed E-state index contributed by atoms with van der Waals surface area (Å²) in [7, 11) is 0. The van der Waals surface area contributed by atoms with E-state index in [1.54, 1.807) is 48.5 Å². The molecular formula is C40H51N9O10. The first-order valence-electron chi connectivity index (χ1n) is 18.9. The first-order valence-corrected chi connectivity index (χ1v) is 18.9. The number of rotatable bonds is 19. The minimum atomic E-state index is -1.37. The third-order valence-electron chi connectivity index (χ3n) is 9.65. The molecule has 4 rings (SSSR count). The Labute approximate surface area is 340 Å². The average molecular weight is 818 g/mol. The first-order chi connectivity index (χ1) is 28.0. The van der Waals surface area contributed by atoms with Crippen LogP contribution in [-0.4, -0.2) is 118 Å². The molecule has 6 atom stereocenters. The van der Waals surface area contributed by atoms with Gasteiger partial charge in [0.25, 0.3) is 0 Å². The average Bonchev–Trinajstić information content (AvgIpc) is 3.71. The number of phenols is 2. The van der Waals surface area contributed by atoms with E-state index in [1.807, 2.05) is 0 Å². The molecular weight excluding hydrogens is 766 g/mol. The Hall–Kier alpha value is -6.73. The van der Waals surface area contributed by atoms with Crippen LogP contribution >= 0.6 is 0 Å². The predicted octanol–water partition coefficient (Wildman–Crippen LogP) is -2.42. The number of aliphatic hydroxyl groups is 1. The highest BCUT2D eigenvalue weighted by Crippen LogP contribution is 2.21. The molecule has 1 saturated heterocycles. The van der Waals surface area contributed by atoms with Gasteiger partial charge in [-0.1, -0.05) is 36.4 Å². The van der Waals surface area contributed by atoms with Crippen LogP contribution in [-0.2, 0) is 52.8 Å². The first kappa shape index (κ1) is 45.0. The molecule has 0 radical (unpaired) electrons. The minimum absolute atomic E-state index is 0.0286. The van der Waals surface area contributed by atoms with Crippen LogP contribution in [0.15, 0.2) is 72.8 Å². The Morgan fingerprint density at radius 2 is 1.25 bits per heavy atom. The SMILES string of the molecule is C[C@@H](NC(=O)[C@@H](N)Cc1ccc(O)cc1)C(=O)N[C@@H](Cc1ccc(N)cc1)C(=O)NCC(=O)N[C@@H](Cc1ccc(O)cc1)C(=O)N1CCC[C@H]1C(=O)N[C@@H](CO)C(N)=O. The van der Waals surface area contributed by atoms with Crippen molar-refractivity contribution in [1.29, 1.82) is 0 Å². The van der Waals surface area contributed by atoms with Crippen molar-refractivity contribution in [3.8, 4) is 11.5 Å². The molecule has 1 heterocycles. The number of amides is 7. The lowest BCUT2D eigenvalue weighted by molar-refractivity contribution is -0.142. The Morgan fingerprint density at radius 3 is 1.81 bits per heavy atom. The number of carbonyl (C=O) groups is 7. The maximum atomic E-state index is 14.0. The number of aliphatic hydroxyl groups excluding tert-OH is 1. The number of carbonyl (C=O) groups excluding carboxylic acids is 7. The fourth-order valence-corrected chi connectivity index (χ4v) is 6.34. The maximum absolute atomic E-state index is 14.0. The number of benzene rings is 3. The lowest BCUT2D eigenvalue weighted by Gasteiger charge is -2.29. The van der Waals surface area contributed by atoms with E-state index in [-0.39, 0.29) is 43.7 Å². The fraction of sp³-hybridized carbons (Fsp3) is 0.375. The highest BCUT2D eigenvalue weighted by molar-refractivity contribution is 5.96. The highest BCUT2D eigenvalue weighted by atomic mass is 16.3. The van der Waals surface area contributed by atoms with E-state index in [4.69, 9.17) is 17.2 Å². The number of hydrogen-bond acceptors (Lipinski definition) is 12. The Bertz CT molecular complexity index is 1960. The van der Waals surface area contributed by atoms with Crippen molar-refractivity contribution in [2.45, 2.75) is 75.3 Å². The summed E-state index contributed by atoms with van der Waals surface area (Å²) in [5.74, 6) is -5.19. The van der Waals surface area contributed by atoms with Crippen molar-refractivity contribution in [3.05, 3.63) is 89.5 Å². The molecule has 316 valence electrons. The zero-order valence-corrected chi connectivity index (χ0v) is 32.4. The van der Waals surface area contributed by atoms with Crippen LogP contribution in [0.1, 0.15) is 36.5 Å². The number of anilines is 1. The highest BCUT2D eigenvalue weighted by Gasteiger charge is 2.39. The maximum Gasteiger partial charge on any atom is 0.246 e. The molecule has 7 amide bonds. The van der Waals surface area contributed by atoms with E-state index in [0.717, 1.165) is 0 Å². The molecule has 19 nitrogen and oxygen atoms in total. The minimum Gasteiger partial charge on any atom is -0.508 e. The fourth-order valence-electron chi connectivity index (χ4n) is 6.34. The van der Waals surface area contributed by atoms with Crippen LogP contribution in [0.2, 0.25) is 0 Å². The van der Waals surface area contributed by atoms with Gasteiger partial charge >= 0.3 is 0 Å². The van der Waals surface area contributed by atoms with Gasteiger partial charge in [0, 0.05) is 25.1 Å². The Kier molecular flexibility index (Phi) is 16.1. The van der Waals surface area contributed by atoms with E-state index >= 15 is 0 Å². The largest absolute Gasteiger partial charge is 0.508 e. The van der Waals surface area contributed by atoms with Gasteiger partial charge < -0.3 is 64.0 Å². The van der Waals surface area contributed by atoms with Crippen molar-refractivity contribution in [3.63, 3.8) is 0 Å². The monoisotopic (exact) mass is 817 g/mol. The molecule has 19 heteroatoms. The third-order valence-corrected chi connectivity index (χ3v) is 9.65. The second-order valence-electron chi connectivity index (χ2n) is 14.3. The number of primary amides is 1. The normalized spacial score (nSPS) is 16.1. The van der Waals surface area contributed by atoms with Crippen LogP contribution in [0, 0.1) is 0 Å². The number of likely N-dealkylation sites (tertiary alicyclic amines) is 1. The molecule has 1 aliphatic rings. The molecule has 3 aromatic carbocycles. The standard InChI is InChI=1S/C40H51N9O10/c1-22(45-37(56)29(42)17-23-6-12-27(51)13-7-23)36(55)47-30(18-24-4-10-26(41)11-5-24)38(57)44-20-34(53)46-31(19-25-8-14-28(52)15-9-25)40(59)49-16-2-3-33(49)39(58)48-32(21-50)35(43)54/h4-15,22,29-33,50-52H,2-3,16-21,41-42H2,1H3,(H2,43,54)(H,44,57)(H,45,56)(H,46,53)(H,47,55)(H,48,58)/t22-,29+,30+,31+,32+,33+/m1/s1. The lowest BCUT2D eigenvalue weighted by atomic mass is 10.0. The zero-order chi connectivity index (χ0) is 43.2. The van der Waals surface area contributed by atoms with Crippen molar-refractivity contribution >= 4 is 47.0 Å². The summed E-state index contributed by atoms with van der Waals surface area (Å²) in [6, 6.07) is 11.5. The number of nitrogens with zero attached hydrogens (tertiary/aromatic N) is 1. The smallest absolute Gasteiger partial charge is 0.246 e. The van der Waals surface area contributed by atoms with Crippen molar-refractivity contribution in [1.82, 2.24) is 31.5 Å². The van der Waals surface area contributed by atoms with Gasteiger partial charge in [0.2, 0.25) is 41.4 Å². The van der Waals surface area contributed by atoms with E-state index in [2.05, 4.69) is 26.6 Å². The summed E-state index contributed by atoms with van der Waals surface area (Å²) in [5.41, 5.74) is 19.4. The van der Waals surface area contributed by atoms with Crippen LogP contribution in [0.25, 0.3) is 0 Å². The molecule has 0 spiro atoms. The Morgan fingerprint density at radius 1 is 0.712 bits per heavy atom. The van der Waals surface area contributed by atoms with E-state index in [9.17, 15) is 48.9 Å². The predicted molar refractivity (Wildman–Crippen MR) is 214 cm³/mol. The van der Waals surface area contributed by atoms with Gasteiger partial charge in [0.1, 0.15) is 41.7 Å². The van der Waals surface area contributed by atoms with E-state index in [1.165, 1.54) is 36.1 Å². The van der Waals surface area contributed by atoms with Gasteiger partial charge in [-0.05, 0) is 79.3 Å². The quantitative estimate of drug-likeness (QED) is 0.0564. The second-order valence-corrected chi connectivity index (χ2v) is 14.3.